The molecule has 1 aromatic heterocycles. The number of rotatable bonds is 9. The van der Waals surface area contributed by atoms with Crippen LogP contribution >= 0.6 is 0 Å². The molecule has 0 aliphatic carbocycles. The number of aromatic amines is 1. The van der Waals surface area contributed by atoms with E-state index in [4.69, 9.17) is 0 Å². The fraction of sp³-hybridized carbons (Fsp3) is 0.0909. The van der Waals surface area contributed by atoms with Crippen molar-refractivity contribution in [1.82, 2.24) is 20.6 Å². The van der Waals surface area contributed by atoms with E-state index in [0.717, 1.165) is 43.5 Å². The number of Topliss-reactive ketones (excluding diaryl/α,β-unsaturated/α-hetero) is 1. The highest BCUT2D eigenvalue weighted by Gasteiger charge is 2.13. The molecule has 2 atom stereocenters. The van der Waals surface area contributed by atoms with Gasteiger partial charge in [-0.25, -0.2) is 0 Å². The zero-order chi connectivity index (χ0) is 29.1. The van der Waals surface area contributed by atoms with E-state index in [1.807, 2.05) is 109 Å². The molecule has 7 nitrogen and oxygen atoms in total. The van der Waals surface area contributed by atoms with E-state index in [0.29, 0.717) is 27.8 Å². The molecule has 0 fully saturated rings. The van der Waals surface area contributed by atoms with Gasteiger partial charge in [0.1, 0.15) is 0 Å². The minimum atomic E-state index is -1.24. The first-order valence-electron chi connectivity index (χ1n) is 13.3. The van der Waals surface area contributed by atoms with E-state index in [-0.39, 0.29) is 5.78 Å². The van der Waals surface area contributed by atoms with Crippen LogP contribution in [0, 0.1) is 0 Å². The molecule has 0 saturated carbocycles. The van der Waals surface area contributed by atoms with Crippen LogP contribution in [0.4, 0.5) is 0 Å². The van der Waals surface area contributed by atoms with Gasteiger partial charge in [0.2, 0.25) is 5.82 Å². The second-order valence-corrected chi connectivity index (χ2v) is 12.7. The van der Waals surface area contributed by atoms with Crippen molar-refractivity contribution in [3.63, 3.8) is 0 Å². The first-order chi connectivity index (χ1) is 20.5. The molecule has 42 heavy (non-hydrogen) atoms. The van der Waals surface area contributed by atoms with E-state index in [1.165, 1.54) is 0 Å². The Hall–Kier alpha value is -4.60. The number of carbonyl (C=O) groups excluding carboxylic acids is 1. The maximum Gasteiger partial charge on any atom is 0.204 e. The van der Waals surface area contributed by atoms with Crippen molar-refractivity contribution in [3.05, 3.63) is 126 Å². The largest absolute Gasteiger partial charge is 0.294 e. The Bertz CT molecular complexity index is 1940. The molecule has 208 valence electrons. The maximum absolute atomic E-state index is 13.3. The van der Waals surface area contributed by atoms with Crippen LogP contribution in [-0.2, 0) is 33.1 Å². The van der Waals surface area contributed by atoms with Gasteiger partial charge in [0, 0.05) is 20.9 Å². The highest BCUT2D eigenvalue weighted by molar-refractivity contribution is 7.84. The molecule has 0 bridgehead atoms. The summed E-state index contributed by atoms with van der Waals surface area (Å²) in [5, 5.41) is 15.8. The van der Waals surface area contributed by atoms with Gasteiger partial charge in [-0.1, -0.05) is 84.9 Å². The number of nitrogens with zero attached hydrogens (tertiary/aromatic N) is 3. The summed E-state index contributed by atoms with van der Waals surface area (Å²) in [4.78, 5) is 13.5. The highest BCUT2D eigenvalue weighted by Crippen LogP contribution is 2.27. The number of ketones is 1. The fourth-order valence-electron chi connectivity index (χ4n) is 4.91. The Balaban J connectivity index is 1.13. The van der Waals surface area contributed by atoms with E-state index < -0.39 is 21.6 Å². The molecule has 5 aromatic carbocycles. The third-order valence-corrected chi connectivity index (χ3v) is 9.83. The van der Waals surface area contributed by atoms with Gasteiger partial charge in [0.25, 0.3) is 0 Å². The molecule has 0 aliphatic rings. The normalized spacial score (nSPS) is 12.7. The Morgan fingerprint density at radius 3 is 2.07 bits per heavy atom. The Kier molecular flexibility index (Phi) is 7.94. The number of hydrogen-bond acceptors (Lipinski definition) is 6. The maximum atomic E-state index is 13.3. The van der Waals surface area contributed by atoms with E-state index in [9.17, 15) is 13.2 Å². The van der Waals surface area contributed by atoms with Crippen LogP contribution < -0.4 is 0 Å². The second kappa shape index (κ2) is 12.1. The average Bonchev–Trinajstić information content (AvgIpc) is 3.57. The smallest absolute Gasteiger partial charge is 0.204 e. The van der Waals surface area contributed by atoms with Crippen LogP contribution in [0.25, 0.3) is 33.3 Å². The number of aromatic nitrogens is 4. The molecule has 0 aliphatic heterocycles. The van der Waals surface area contributed by atoms with Gasteiger partial charge >= 0.3 is 0 Å². The quantitative estimate of drug-likeness (QED) is 0.193. The first kappa shape index (κ1) is 27.6. The van der Waals surface area contributed by atoms with E-state index in [2.05, 4.69) is 20.6 Å². The van der Waals surface area contributed by atoms with Crippen LogP contribution in [0.1, 0.15) is 28.4 Å². The van der Waals surface area contributed by atoms with Crippen LogP contribution in [-0.4, -0.2) is 34.8 Å². The molecule has 0 amide bonds. The fourth-order valence-corrected chi connectivity index (χ4v) is 7.20. The van der Waals surface area contributed by atoms with Crippen LogP contribution in [0.5, 0.6) is 0 Å². The molecule has 2 unspecified atom stereocenters. The van der Waals surface area contributed by atoms with Gasteiger partial charge in [-0.2, -0.15) is 5.21 Å². The third kappa shape index (κ3) is 5.88. The monoisotopic (exact) mass is 590 g/mol. The lowest BCUT2D eigenvalue weighted by atomic mass is 9.98. The molecule has 0 saturated heterocycles. The molecule has 6 aromatic rings. The number of carbonyl (C=O) groups is 1. The van der Waals surface area contributed by atoms with E-state index >= 15 is 0 Å². The summed E-state index contributed by atoms with van der Waals surface area (Å²) in [5.74, 6) is 1.23. The summed E-state index contributed by atoms with van der Waals surface area (Å²) >= 11 is 0. The number of H-pyrrole nitrogens is 1. The molecule has 9 heteroatoms. The number of fused-ring (bicyclic) bond motifs is 1. The molecule has 1 heterocycles. The Morgan fingerprint density at radius 2 is 1.38 bits per heavy atom. The van der Waals surface area contributed by atoms with Crippen molar-refractivity contribution in [2.75, 3.05) is 0 Å². The van der Waals surface area contributed by atoms with Crippen LogP contribution in [0.2, 0.25) is 0 Å². The Morgan fingerprint density at radius 1 is 0.690 bits per heavy atom. The number of benzene rings is 5. The predicted molar refractivity (Wildman–Crippen MR) is 166 cm³/mol. The van der Waals surface area contributed by atoms with Crippen molar-refractivity contribution in [1.29, 1.82) is 0 Å². The van der Waals surface area contributed by atoms with Gasteiger partial charge in [0.05, 0.1) is 33.1 Å². The summed E-state index contributed by atoms with van der Waals surface area (Å²) in [6.45, 7) is 1.56. The van der Waals surface area contributed by atoms with Gasteiger partial charge < -0.3 is 0 Å². The molecular weight excluding hydrogens is 565 g/mol. The second-order valence-electron chi connectivity index (χ2n) is 9.84. The molecule has 0 radical (unpaired) electrons. The predicted octanol–water partition coefficient (Wildman–Crippen LogP) is 6.51. The first-order valence-corrected chi connectivity index (χ1v) is 15.9. The summed E-state index contributed by atoms with van der Waals surface area (Å²) < 4.78 is 26.3. The molecule has 0 spiro atoms. The van der Waals surface area contributed by atoms with Gasteiger partial charge in [0.15, 0.2) is 5.78 Å². The lowest BCUT2D eigenvalue weighted by Gasteiger charge is -2.10. The minimum Gasteiger partial charge on any atom is -0.294 e. The van der Waals surface area contributed by atoms with Crippen LogP contribution in [0.3, 0.4) is 0 Å². The van der Waals surface area contributed by atoms with Crippen molar-refractivity contribution in [3.8, 4) is 22.5 Å². The third-order valence-electron chi connectivity index (χ3n) is 7.08. The minimum absolute atomic E-state index is 0.0162. The van der Waals surface area contributed by atoms with Crippen molar-refractivity contribution < 1.29 is 13.2 Å². The van der Waals surface area contributed by atoms with Crippen LogP contribution in [0.15, 0.2) is 119 Å². The standard InChI is InChI=1S/C33H26N4O3S2/c1-22(38)30-18-15-27(31-7-2-3-8-32(30)31)21-42(40)28-16-13-25(14-17-28)24-11-9-23(10-12-24)20-41(39)29-6-4-5-26(19-29)33-34-36-37-35-33/h2-19H,20-21H2,1H3,(H,34,35,36,37). The summed E-state index contributed by atoms with van der Waals surface area (Å²) in [5.41, 5.74) is 5.37. The molecular formula is C33H26N4O3S2. The van der Waals surface area contributed by atoms with Crippen molar-refractivity contribution in [2.45, 2.75) is 28.2 Å². The van der Waals surface area contributed by atoms with Gasteiger partial charge in [-0.05, 0) is 69.4 Å². The number of nitrogens with one attached hydrogen (secondary N) is 1. The number of hydrogen-bond donors (Lipinski definition) is 1. The zero-order valence-electron chi connectivity index (χ0n) is 22.7. The van der Waals surface area contributed by atoms with Gasteiger partial charge in [-0.15, -0.1) is 10.2 Å². The average molecular weight is 591 g/mol. The topological polar surface area (TPSA) is 106 Å². The number of tetrazole rings is 1. The lowest BCUT2D eigenvalue weighted by Crippen LogP contribution is -2.00. The Labute approximate surface area is 247 Å². The summed E-state index contributed by atoms with van der Waals surface area (Å²) in [6.07, 6.45) is 0. The van der Waals surface area contributed by atoms with Crippen molar-refractivity contribution >= 4 is 38.2 Å². The zero-order valence-corrected chi connectivity index (χ0v) is 24.3. The molecule has 1 N–H and O–H groups in total. The summed E-state index contributed by atoms with van der Waals surface area (Å²) in [6, 6.07) is 34.6. The summed E-state index contributed by atoms with van der Waals surface area (Å²) in [7, 11) is -2.48. The lowest BCUT2D eigenvalue weighted by molar-refractivity contribution is 0.101. The molecule has 6 rings (SSSR count). The highest BCUT2D eigenvalue weighted by atomic mass is 32.2. The van der Waals surface area contributed by atoms with Gasteiger partial charge in [-0.3, -0.25) is 13.2 Å². The van der Waals surface area contributed by atoms with Crippen molar-refractivity contribution in [2.24, 2.45) is 0 Å². The van der Waals surface area contributed by atoms with E-state index in [1.54, 1.807) is 6.92 Å². The SMILES string of the molecule is CC(=O)c1ccc(CS(=O)c2ccc(-c3ccc(CS(=O)c4cccc(-c5nn[nH]n5)c4)cc3)cc2)c2ccccc12.